The zero-order valence-electron chi connectivity index (χ0n) is 12.7. The number of nitrogens with zero attached hydrogens (tertiary/aromatic N) is 1. The van der Waals surface area contributed by atoms with Crippen LogP contribution in [0.5, 0.6) is 0 Å². The molecule has 1 aliphatic rings. The Labute approximate surface area is 134 Å². The molecule has 9 heteroatoms. The van der Waals surface area contributed by atoms with Gasteiger partial charge in [-0.2, -0.15) is 13.2 Å². The van der Waals surface area contributed by atoms with E-state index in [1.165, 1.54) is 6.07 Å². The highest BCUT2D eigenvalue weighted by Crippen LogP contribution is 2.29. The van der Waals surface area contributed by atoms with Gasteiger partial charge >= 0.3 is 18.0 Å². The molecular formula is C15H16F3N3O3. The fraction of sp³-hybridized carbons (Fsp3) is 0.467. The van der Waals surface area contributed by atoms with E-state index in [9.17, 15) is 22.8 Å². The monoisotopic (exact) mass is 343 g/mol. The molecule has 0 radical (unpaired) electrons. The maximum absolute atomic E-state index is 12.7. The second-order valence-corrected chi connectivity index (χ2v) is 5.92. The molecule has 1 saturated carbocycles. The SMILES string of the molecule is O=C(Nc1cccc2[nH]c(=O)oc12)N(CC1CCC1)CC(F)(F)F. The van der Waals surface area contributed by atoms with Crippen molar-refractivity contribution in [1.29, 1.82) is 0 Å². The lowest BCUT2D eigenvalue weighted by Crippen LogP contribution is -2.45. The molecular weight excluding hydrogens is 327 g/mol. The molecule has 3 rings (SSSR count). The minimum absolute atomic E-state index is 0.0540. The van der Waals surface area contributed by atoms with Crippen molar-refractivity contribution >= 4 is 22.8 Å². The number of carbonyl (C=O) groups is 1. The minimum Gasteiger partial charge on any atom is -0.406 e. The van der Waals surface area contributed by atoms with Crippen molar-refractivity contribution in [2.75, 3.05) is 18.4 Å². The summed E-state index contributed by atoms with van der Waals surface area (Å²) in [5.41, 5.74) is 0.613. The molecule has 130 valence electrons. The van der Waals surface area contributed by atoms with Gasteiger partial charge in [0.15, 0.2) is 5.58 Å². The van der Waals surface area contributed by atoms with Crippen molar-refractivity contribution in [3.05, 3.63) is 28.7 Å². The van der Waals surface area contributed by atoms with Crippen molar-refractivity contribution in [3.8, 4) is 0 Å². The summed E-state index contributed by atoms with van der Waals surface area (Å²) in [5, 5.41) is 2.41. The number of alkyl halides is 3. The smallest absolute Gasteiger partial charge is 0.406 e. The molecule has 2 N–H and O–H groups in total. The van der Waals surface area contributed by atoms with Gasteiger partial charge in [0.05, 0.1) is 11.2 Å². The molecule has 1 aromatic carbocycles. The Hall–Kier alpha value is -2.45. The Morgan fingerprint density at radius 2 is 2.12 bits per heavy atom. The predicted octanol–water partition coefficient (Wildman–Crippen LogP) is 3.32. The predicted molar refractivity (Wildman–Crippen MR) is 80.8 cm³/mol. The van der Waals surface area contributed by atoms with Gasteiger partial charge in [-0.15, -0.1) is 0 Å². The van der Waals surface area contributed by atoms with Gasteiger partial charge in [0.2, 0.25) is 0 Å². The van der Waals surface area contributed by atoms with Gasteiger partial charge in [-0.25, -0.2) is 9.59 Å². The first-order valence-corrected chi connectivity index (χ1v) is 7.56. The number of nitrogens with one attached hydrogen (secondary N) is 2. The lowest BCUT2D eigenvalue weighted by molar-refractivity contribution is -0.141. The first-order chi connectivity index (χ1) is 11.3. The van der Waals surface area contributed by atoms with Gasteiger partial charge in [0.25, 0.3) is 0 Å². The molecule has 6 nitrogen and oxygen atoms in total. The van der Waals surface area contributed by atoms with Crippen molar-refractivity contribution < 1.29 is 22.4 Å². The molecule has 0 saturated heterocycles. The molecule has 24 heavy (non-hydrogen) atoms. The van der Waals surface area contributed by atoms with Crippen LogP contribution in [-0.4, -0.2) is 35.2 Å². The third-order valence-electron chi connectivity index (χ3n) is 4.05. The second kappa shape index (κ2) is 6.21. The van der Waals surface area contributed by atoms with Gasteiger partial charge in [-0.3, -0.25) is 4.98 Å². The number of aromatic amines is 1. The number of hydrogen-bond acceptors (Lipinski definition) is 3. The molecule has 0 atom stereocenters. The summed E-state index contributed by atoms with van der Waals surface area (Å²) in [5.74, 6) is -0.604. The molecule has 2 amide bonds. The highest BCUT2D eigenvalue weighted by molar-refractivity contribution is 5.97. The van der Waals surface area contributed by atoms with Crippen LogP contribution in [0.2, 0.25) is 0 Å². The Morgan fingerprint density at radius 3 is 2.75 bits per heavy atom. The molecule has 1 heterocycles. The number of fused-ring (bicyclic) bond motifs is 1. The topological polar surface area (TPSA) is 78.3 Å². The number of oxazole rings is 1. The summed E-state index contributed by atoms with van der Waals surface area (Å²) in [7, 11) is 0. The normalized spacial score (nSPS) is 15.3. The summed E-state index contributed by atoms with van der Waals surface area (Å²) >= 11 is 0. The van der Waals surface area contributed by atoms with E-state index in [0.717, 1.165) is 24.2 Å². The van der Waals surface area contributed by atoms with E-state index in [1.54, 1.807) is 12.1 Å². The summed E-state index contributed by atoms with van der Waals surface area (Å²) in [6.07, 6.45) is -1.86. The Balaban J connectivity index is 1.79. The molecule has 1 fully saturated rings. The molecule has 2 aromatic rings. The van der Waals surface area contributed by atoms with Crippen LogP contribution in [0.4, 0.5) is 23.7 Å². The van der Waals surface area contributed by atoms with Crippen LogP contribution in [0.1, 0.15) is 19.3 Å². The number of amides is 2. The largest absolute Gasteiger partial charge is 0.417 e. The van der Waals surface area contributed by atoms with Crippen LogP contribution in [0.15, 0.2) is 27.4 Å². The van der Waals surface area contributed by atoms with E-state index in [1.807, 2.05) is 0 Å². The van der Waals surface area contributed by atoms with Crippen LogP contribution in [0.25, 0.3) is 11.1 Å². The Kier molecular flexibility index (Phi) is 4.25. The third-order valence-corrected chi connectivity index (χ3v) is 4.05. The first kappa shape index (κ1) is 16.4. The minimum atomic E-state index is -4.48. The maximum atomic E-state index is 12.7. The summed E-state index contributed by atoms with van der Waals surface area (Å²) in [4.78, 5) is 26.7. The van der Waals surface area contributed by atoms with Crippen molar-refractivity contribution in [3.63, 3.8) is 0 Å². The number of carbonyl (C=O) groups excluding carboxylic acids is 1. The van der Waals surface area contributed by atoms with Gasteiger partial charge in [-0.1, -0.05) is 12.5 Å². The zero-order chi connectivity index (χ0) is 17.3. The number of halogens is 3. The first-order valence-electron chi connectivity index (χ1n) is 7.56. The van der Waals surface area contributed by atoms with Crippen LogP contribution < -0.4 is 11.1 Å². The number of para-hydroxylation sites is 1. The number of hydrogen-bond donors (Lipinski definition) is 2. The molecule has 1 aliphatic carbocycles. The average Bonchev–Trinajstić information content (AvgIpc) is 2.81. The highest BCUT2D eigenvalue weighted by atomic mass is 19.4. The molecule has 0 aliphatic heterocycles. The van der Waals surface area contributed by atoms with Crippen molar-refractivity contribution in [1.82, 2.24) is 9.88 Å². The lowest BCUT2D eigenvalue weighted by atomic mass is 9.85. The van der Waals surface area contributed by atoms with Gasteiger partial charge in [-0.05, 0) is 30.9 Å². The van der Waals surface area contributed by atoms with Crippen molar-refractivity contribution in [2.45, 2.75) is 25.4 Å². The summed E-state index contributed by atoms with van der Waals surface area (Å²) in [6.45, 7) is -1.26. The van der Waals surface area contributed by atoms with Crippen LogP contribution >= 0.6 is 0 Å². The van der Waals surface area contributed by atoms with E-state index in [-0.39, 0.29) is 23.7 Å². The lowest BCUT2D eigenvalue weighted by Gasteiger charge is -2.32. The third kappa shape index (κ3) is 3.72. The average molecular weight is 343 g/mol. The van der Waals surface area contributed by atoms with E-state index in [2.05, 4.69) is 10.3 Å². The Bertz CT molecular complexity index is 792. The number of aromatic nitrogens is 1. The molecule has 0 unspecified atom stereocenters. The van der Waals surface area contributed by atoms with E-state index in [0.29, 0.717) is 5.52 Å². The highest BCUT2D eigenvalue weighted by Gasteiger charge is 2.35. The van der Waals surface area contributed by atoms with E-state index in [4.69, 9.17) is 4.42 Å². The van der Waals surface area contributed by atoms with Crippen LogP contribution in [0.3, 0.4) is 0 Å². The Morgan fingerprint density at radius 1 is 1.38 bits per heavy atom. The van der Waals surface area contributed by atoms with Gasteiger partial charge < -0.3 is 14.6 Å². The fourth-order valence-corrected chi connectivity index (χ4v) is 2.69. The molecule has 0 spiro atoms. The van der Waals surface area contributed by atoms with Crippen LogP contribution in [-0.2, 0) is 0 Å². The quantitative estimate of drug-likeness (QED) is 0.894. The van der Waals surface area contributed by atoms with E-state index < -0.39 is 24.5 Å². The molecule has 1 aromatic heterocycles. The van der Waals surface area contributed by atoms with Gasteiger partial charge in [0.1, 0.15) is 6.54 Å². The summed E-state index contributed by atoms with van der Waals surface area (Å²) < 4.78 is 43.2. The molecule has 0 bridgehead atoms. The number of H-pyrrole nitrogens is 1. The number of benzene rings is 1. The van der Waals surface area contributed by atoms with Gasteiger partial charge in [0, 0.05) is 6.54 Å². The maximum Gasteiger partial charge on any atom is 0.417 e. The summed E-state index contributed by atoms with van der Waals surface area (Å²) in [6, 6.07) is 3.73. The number of urea groups is 1. The van der Waals surface area contributed by atoms with Crippen LogP contribution in [0, 0.1) is 5.92 Å². The number of rotatable bonds is 4. The van der Waals surface area contributed by atoms with Crippen molar-refractivity contribution in [2.24, 2.45) is 5.92 Å². The second-order valence-electron chi connectivity index (χ2n) is 5.92. The number of anilines is 1. The standard InChI is InChI=1S/C15H16F3N3O3/c16-15(17,18)8-21(7-9-3-1-4-9)13(22)19-10-5-2-6-11-12(10)24-14(23)20-11/h2,5-6,9H,1,3-4,7-8H2,(H,19,22)(H,20,23). The zero-order valence-corrected chi connectivity index (χ0v) is 12.7. The fourth-order valence-electron chi connectivity index (χ4n) is 2.69. The van der Waals surface area contributed by atoms with E-state index >= 15 is 0 Å².